The average molecular weight is 422 g/mol. The van der Waals surface area contributed by atoms with Gasteiger partial charge in [0, 0.05) is 11.5 Å². The second-order valence-electron chi connectivity index (χ2n) is 7.48. The summed E-state index contributed by atoms with van der Waals surface area (Å²) < 4.78 is 15.9. The molecule has 2 aromatic carbocycles. The first-order valence-electron chi connectivity index (χ1n) is 10.3. The number of piperidine rings is 1. The largest absolute Gasteiger partial charge is 0.497 e. The zero-order chi connectivity index (χ0) is 21.6. The maximum Gasteiger partial charge on any atom is 0.241 e. The van der Waals surface area contributed by atoms with Crippen molar-refractivity contribution >= 4 is 11.6 Å². The maximum absolute atomic E-state index is 12.7. The molecule has 1 amide bonds. The number of amides is 1. The van der Waals surface area contributed by atoms with Crippen molar-refractivity contribution < 1.29 is 18.8 Å². The quantitative estimate of drug-likeness (QED) is 0.622. The van der Waals surface area contributed by atoms with E-state index in [9.17, 15) is 4.79 Å². The van der Waals surface area contributed by atoms with Gasteiger partial charge in [-0.2, -0.15) is 4.98 Å². The Balaban J connectivity index is 1.29. The minimum atomic E-state index is -0.0290. The Morgan fingerprint density at radius 2 is 1.84 bits per heavy atom. The van der Waals surface area contributed by atoms with Crippen LogP contribution in [-0.2, 0) is 11.3 Å². The van der Waals surface area contributed by atoms with Crippen LogP contribution in [0.1, 0.15) is 18.7 Å². The number of carbonyl (C=O) groups is 1. The van der Waals surface area contributed by atoms with Gasteiger partial charge in [-0.3, -0.25) is 9.69 Å². The van der Waals surface area contributed by atoms with Gasteiger partial charge in [0.2, 0.25) is 17.6 Å². The molecule has 1 N–H and O–H groups in total. The van der Waals surface area contributed by atoms with Crippen molar-refractivity contribution in [3.05, 3.63) is 54.4 Å². The number of likely N-dealkylation sites (tertiary alicyclic amines) is 1. The summed E-state index contributed by atoms with van der Waals surface area (Å²) in [5.41, 5.74) is 1.58. The zero-order valence-electron chi connectivity index (χ0n) is 17.7. The van der Waals surface area contributed by atoms with Crippen LogP contribution in [0.5, 0.6) is 11.5 Å². The van der Waals surface area contributed by atoms with E-state index in [1.165, 1.54) is 0 Å². The highest BCUT2D eigenvalue weighted by Gasteiger charge is 2.26. The molecule has 2 heterocycles. The van der Waals surface area contributed by atoms with Crippen LogP contribution < -0.4 is 14.8 Å². The Hall–Kier alpha value is -3.39. The van der Waals surface area contributed by atoms with Crippen LogP contribution in [0.15, 0.2) is 53.1 Å². The molecule has 0 spiro atoms. The van der Waals surface area contributed by atoms with Gasteiger partial charge in [0.05, 0.1) is 26.5 Å². The summed E-state index contributed by atoms with van der Waals surface area (Å²) in [4.78, 5) is 19.4. The molecule has 1 saturated heterocycles. The lowest BCUT2D eigenvalue weighted by Crippen LogP contribution is -2.37. The molecule has 0 unspecified atom stereocenters. The fourth-order valence-corrected chi connectivity index (χ4v) is 3.70. The van der Waals surface area contributed by atoms with Gasteiger partial charge in [-0.1, -0.05) is 17.3 Å². The fraction of sp³-hybridized carbons (Fsp3) is 0.348. The molecule has 0 saturated carbocycles. The molecular weight excluding hydrogens is 396 g/mol. The van der Waals surface area contributed by atoms with Crippen molar-refractivity contribution in [2.45, 2.75) is 19.4 Å². The average Bonchev–Trinajstić information content (AvgIpc) is 3.28. The Kier molecular flexibility index (Phi) is 6.47. The molecule has 0 radical (unpaired) electrons. The van der Waals surface area contributed by atoms with Gasteiger partial charge < -0.3 is 19.3 Å². The summed E-state index contributed by atoms with van der Waals surface area (Å²) >= 11 is 0. The van der Waals surface area contributed by atoms with Gasteiger partial charge in [-0.15, -0.1) is 0 Å². The normalized spacial score (nSPS) is 14.9. The molecular formula is C23H26N4O4. The van der Waals surface area contributed by atoms with E-state index >= 15 is 0 Å². The smallest absolute Gasteiger partial charge is 0.241 e. The number of anilines is 1. The van der Waals surface area contributed by atoms with E-state index in [1.807, 2.05) is 48.5 Å². The number of nitrogens with zero attached hydrogens (tertiary/aromatic N) is 3. The van der Waals surface area contributed by atoms with E-state index in [1.54, 1.807) is 14.2 Å². The highest BCUT2D eigenvalue weighted by molar-refractivity contribution is 5.94. The minimum absolute atomic E-state index is 0.0290. The Morgan fingerprint density at radius 1 is 1.10 bits per heavy atom. The lowest BCUT2D eigenvalue weighted by molar-refractivity contribution is -0.121. The van der Waals surface area contributed by atoms with Crippen LogP contribution in [0.4, 0.5) is 5.69 Å². The van der Waals surface area contributed by atoms with Crippen molar-refractivity contribution in [3.8, 4) is 22.9 Å². The highest BCUT2D eigenvalue weighted by atomic mass is 16.5. The number of hydrogen-bond donors (Lipinski definition) is 1. The molecule has 0 bridgehead atoms. The number of methoxy groups -OCH3 is 2. The summed E-state index contributed by atoms with van der Waals surface area (Å²) in [5, 5.41) is 7.08. The molecule has 31 heavy (non-hydrogen) atoms. The molecule has 162 valence electrons. The third-order valence-corrected chi connectivity index (χ3v) is 5.50. The van der Waals surface area contributed by atoms with Gasteiger partial charge in [0.15, 0.2) is 0 Å². The third kappa shape index (κ3) is 5.03. The summed E-state index contributed by atoms with van der Waals surface area (Å²) in [6.07, 6.45) is 1.56. The van der Waals surface area contributed by atoms with Crippen molar-refractivity contribution in [1.82, 2.24) is 15.0 Å². The van der Waals surface area contributed by atoms with Crippen LogP contribution in [0.2, 0.25) is 0 Å². The lowest BCUT2D eigenvalue weighted by atomic mass is 9.96. The molecule has 0 atom stereocenters. The van der Waals surface area contributed by atoms with E-state index < -0.39 is 0 Å². The van der Waals surface area contributed by atoms with Crippen molar-refractivity contribution in [3.63, 3.8) is 0 Å². The Bertz CT molecular complexity index is 1010. The van der Waals surface area contributed by atoms with Gasteiger partial charge in [-0.25, -0.2) is 0 Å². The standard InChI is InChI=1S/C23H26N4O4/c1-29-18-9-7-16(8-10-18)22-25-21(31-26-22)15-27-13-11-17(12-14-27)23(28)24-19-5-3-4-6-20(19)30-2/h3-10,17H,11-15H2,1-2H3,(H,24,28). The zero-order valence-corrected chi connectivity index (χ0v) is 17.7. The van der Waals surface area contributed by atoms with Crippen LogP contribution in [0, 0.1) is 5.92 Å². The number of ether oxygens (including phenoxy) is 2. The van der Waals surface area contributed by atoms with Crippen molar-refractivity contribution in [2.75, 3.05) is 32.6 Å². The second kappa shape index (κ2) is 9.61. The molecule has 8 heteroatoms. The molecule has 1 fully saturated rings. The van der Waals surface area contributed by atoms with Crippen molar-refractivity contribution in [1.29, 1.82) is 0 Å². The minimum Gasteiger partial charge on any atom is -0.497 e. The second-order valence-corrected chi connectivity index (χ2v) is 7.48. The number of benzene rings is 2. The van der Waals surface area contributed by atoms with Gasteiger partial charge >= 0.3 is 0 Å². The molecule has 1 aliphatic heterocycles. The van der Waals surface area contributed by atoms with Crippen LogP contribution in [-0.4, -0.2) is 48.3 Å². The first-order chi connectivity index (χ1) is 15.2. The van der Waals surface area contributed by atoms with Crippen LogP contribution >= 0.6 is 0 Å². The van der Waals surface area contributed by atoms with E-state index in [0.29, 0.717) is 29.7 Å². The summed E-state index contributed by atoms with van der Waals surface area (Å²) in [7, 11) is 3.23. The molecule has 1 aromatic heterocycles. The Morgan fingerprint density at radius 3 is 2.55 bits per heavy atom. The topological polar surface area (TPSA) is 89.7 Å². The number of carbonyl (C=O) groups excluding carboxylic acids is 1. The van der Waals surface area contributed by atoms with Crippen LogP contribution in [0.25, 0.3) is 11.4 Å². The van der Waals surface area contributed by atoms with Gasteiger partial charge in [0.1, 0.15) is 11.5 Å². The monoisotopic (exact) mass is 422 g/mol. The molecule has 8 nitrogen and oxygen atoms in total. The molecule has 3 aromatic rings. The highest BCUT2D eigenvalue weighted by Crippen LogP contribution is 2.26. The summed E-state index contributed by atoms with van der Waals surface area (Å²) in [6, 6.07) is 15.0. The number of para-hydroxylation sites is 2. The molecule has 0 aliphatic carbocycles. The van der Waals surface area contributed by atoms with Gasteiger partial charge in [-0.05, 0) is 62.3 Å². The first-order valence-corrected chi connectivity index (χ1v) is 10.3. The predicted octanol–water partition coefficient (Wildman–Crippen LogP) is 3.60. The number of rotatable bonds is 7. The van der Waals surface area contributed by atoms with Crippen molar-refractivity contribution in [2.24, 2.45) is 5.92 Å². The fourth-order valence-electron chi connectivity index (χ4n) is 3.70. The number of hydrogen-bond acceptors (Lipinski definition) is 7. The maximum atomic E-state index is 12.7. The Labute approximate surface area is 181 Å². The summed E-state index contributed by atoms with van der Waals surface area (Å²) in [6.45, 7) is 2.17. The number of nitrogens with one attached hydrogen (secondary N) is 1. The number of aromatic nitrogens is 2. The van der Waals surface area contributed by atoms with E-state index in [-0.39, 0.29) is 11.8 Å². The third-order valence-electron chi connectivity index (χ3n) is 5.50. The molecule has 1 aliphatic rings. The first kappa shape index (κ1) is 20.9. The lowest BCUT2D eigenvalue weighted by Gasteiger charge is -2.30. The van der Waals surface area contributed by atoms with E-state index in [2.05, 4.69) is 20.4 Å². The molecule has 4 rings (SSSR count). The van der Waals surface area contributed by atoms with E-state index in [0.717, 1.165) is 37.2 Å². The SMILES string of the molecule is COc1ccc(-c2noc(CN3CCC(C(=O)Nc4ccccc4OC)CC3)n2)cc1. The van der Waals surface area contributed by atoms with Crippen LogP contribution in [0.3, 0.4) is 0 Å². The van der Waals surface area contributed by atoms with Gasteiger partial charge in [0.25, 0.3) is 0 Å². The predicted molar refractivity (Wildman–Crippen MR) is 116 cm³/mol. The summed E-state index contributed by atoms with van der Waals surface area (Å²) in [5.74, 6) is 2.58. The van der Waals surface area contributed by atoms with E-state index in [4.69, 9.17) is 14.0 Å².